The predicted molar refractivity (Wildman–Crippen MR) is 58.3 cm³/mol. The number of ether oxygens (including phenoxy) is 1. The van der Waals surface area contributed by atoms with E-state index in [2.05, 4.69) is 4.98 Å². The number of pyridine rings is 1. The molecule has 76 valence electrons. The quantitative estimate of drug-likeness (QED) is 0.774. The molecule has 0 bridgehead atoms. The van der Waals surface area contributed by atoms with Gasteiger partial charge in [0.25, 0.3) is 0 Å². The number of hydrogen-bond acceptors (Lipinski definition) is 4. The average Bonchev–Trinajstić information content (AvgIpc) is 2.67. The summed E-state index contributed by atoms with van der Waals surface area (Å²) in [6, 6.07) is 5.71. The molecule has 2 rings (SSSR count). The molecule has 0 saturated carbocycles. The Bertz CT molecular complexity index is 300. The smallest absolute Gasteiger partial charge is 0.124 e. The molecule has 1 atom stereocenters. The SMILES string of the molecule is Nc1cccc(SCC2CCCO2)n1. The van der Waals surface area contributed by atoms with Crippen LogP contribution in [0.4, 0.5) is 5.82 Å². The van der Waals surface area contributed by atoms with Crippen LogP contribution >= 0.6 is 11.8 Å². The topological polar surface area (TPSA) is 48.1 Å². The number of nitrogen functional groups attached to an aromatic ring is 1. The van der Waals surface area contributed by atoms with Gasteiger partial charge in [-0.1, -0.05) is 6.07 Å². The van der Waals surface area contributed by atoms with Crippen LogP contribution in [-0.4, -0.2) is 23.4 Å². The third kappa shape index (κ3) is 2.62. The Morgan fingerprint density at radius 3 is 3.21 bits per heavy atom. The molecule has 1 unspecified atom stereocenters. The number of rotatable bonds is 3. The zero-order valence-electron chi connectivity index (χ0n) is 7.98. The minimum Gasteiger partial charge on any atom is -0.384 e. The lowest BCUT2D eigenvalue weighted by Gasteiger charge is -2.07. The Balaban J connectivity index is 1.85. The molecular formula is C10H14N2OS. The van der Waals surface area contributed by atoms with Gasteiger partial charge in [-0.15, -0.1) is 11.8 Å². The molecule has 14 heavy (non-hydrogen) atoms. The highest BCUT2D eigenvalue weighted by Gasteiger charge is 2.15. The van der Waals surface area contributed by atoms with Crippen molar-refractivity contribution < 1.29 is 4.74 Å². The van der Waals surface area contributed by atoms with Gasteiger partial charge in [-0.25, -0.2) is 4.98 Å². The first kappa shape index (κ1) is 9.80. The van der Waals surface area contributed by atoms with Crippen LogP contribution in [0.5, 0.6) is 0 Å². The van der Waals surface area contributed by atoms with E-state index in [0.717, 1.165) is 17.4 Å². The Labute approximate surface area is 88.0 Å². The molecule has 3 nitrogen and oxygen atoms in total. The van der Waals surface area contributed by atoms with Crippen LogP contribution in [0.2, 0.25) is 0 Å². The monoisotopic (exact) mass is 210 g/mol. The minimum absolute atomic E-state index is 0.406. The molecule has 0 spiro atoms. The average molecular weight is 210 g/mol. The zero-order valence-corrected chi connectivity index (χ0v) is 8.80. The molecule has 0 radical (unpaired) electrons. The molecule has 1 fully saturated rings. The summed E-state index contributed by atoms with van der Waals surface area (Å²) in [5.41, 5.74) is 5.59. The first-order valence-electron chi connectivity index (χ1n) is 4.81. The van der Waals surface area contributed by atoms with Crippen LogP contribution in [0.3, 0.4) is 0 Å². The molecule has 0 aliphatic carbocycles. The van der Waals surface area contributed by atoms with Gasteiger partial charge in [-0.2, -0.15) is 0 Å². The van der Waals surface area contributed by atoms with Gasteiger partial charge in [0.05, 0.1) is 11.1 Å². The van der Waals surface area contributed by atoms with Crippen molar-refractivity contribution in [2.75, 3.05) is 18.1 Å². The molecular weight excluding hydrogens is 196 g/mol. The molecule has 1 aliphatic heterocycles. The van der Waals surface area contributed by atoms with E-state index in [9.17, 15) is 0 Å². The number of nitrogens with two attached hydrogens (primary N) is 1. The van der Waals surface area contributed by atoms with Crippen LogP contribution < -0.4 is 5.73 Å². The summed E-state index contributed by atoms with van der Waals surface area (Å²) < 4.78 is 5.53. The fraction of sp³-hybridized carbons (Fsp3) is 0.500. The predicted octanol–water partition coefficient (Wildman–Crippen LogP) is 1.93. The van der Waals surface area contributed by atoms with Crippen molar-refractivity contribution >= 4 is 17.6 Å². The van der Waals surface area contributed by atoms with E-state index >= 15 is 0 Å². The Kier molecular flexibility index (Phi) is 3.26. The fourth-order valence-electron chi connectivity index (χ4n) is 1.47. The molecule has 0 aromatic carbocycles. The lowest BCUT2D eigenvalue weighted by Crippen LogP contribution is -2.07. The third-order valence-corrected chi connectivity index (χ3v) is 3.25. The van der Waals surface area contributed by atoms with Gasteiger partial charge in [-0.05, 0) is 25.0 Å². The largest absolute Gasteiger partial charge is 0.384 e. The summed E-state index contributed by atoms with van der Waals surface area (Å²) in [4.78, 5) is 4.22. The standard InChI is InChI=1S/C10H14N2OS/c11-9-4-1-5-10(12-9)14-7-8-3-2-6-13-8/h1,4-5,8H,2-3,6-7H2,(H2,11,12). The maximum absolute atomic E-state index is 5.59. The summed E-state index contributed by atoms with van der Waals surface area (Å²) >= 11 is 1.72. The van der Waals surface area contributed by atoms with E-state index in [4.69, 9.17) is 10.5 Å². The van der Waals surface area contributed by atoms with Crippen LogP contribution in [-0.2, 0) is 4.74 Å². The lowest BCUT2D eigenvalue weighted by atomic mass is 10.3. The summed E-state index contributed by atoms with van der Waals surface area (Å²) in [7, 11) is 0. The second kappa shape index (κ2) is 4.66. The van der Waals surface area contributed by atoms with Gasteiger partial charge in [-0.3, -0.25) is 0 Å². The Morgan fingerprint density at radius 2 is 2.50 bits per heavy atom. The van der Waals surface area contributed by atoms with Crippen molar-refractivity contribution in [2.24, 2.45) is 0 Å². The third-order valence-electron chi connectivity index (χ3n) is 2.19. The highest BCUT2D eigenvalue weighted by atomic mass is 32.2. The highest BCUT2D eigenvalue weighted by Crippen LogP contribution is 2.22. The molecule has 1 aromatic rings. The van der Waals surface area contributed by atoms with Crippen molar-refractivity contribution in [1.82, 2.24) is 4.98 Å². The summed E-state index contributed by atoms with van der Waals surface area (Å²) in [5.74, 6) is 1.57. The number of nitrogens with zero attached hydrogens (tertiary/aromatic N) is 1. The molecule has 1 aliphatic rings. The van der Waals surface area contributed by atoms with Crippen molar-refractivity contribution in [1.29, 1.82) is 0 Å². The summed E-state index contributed by atoms with van der Waals surface area (Å²) in [6.45, 7) is 0.912. The summed E-state index contributed by atoms with van der Waals surface area (Å²) in [5, 5.41) is 0.987. The van der Waals surface area contributed by atoms with Crippen LogP contribution in [0.25, 0.3) is 0 Å². The van der Waals surface area contributed by atoms with Crippen molar-refractivity contribution in [3.05, 3.63) is 18.2 Å². The van der Waals surface area contributed by atoms with Gasteiger partial charge >= 0.3 is 0 Å². The van der Waals surface area contributed by atoms with Crippen molar-refractivity contribution in [2.45, 2.75) is 24.0 Å². The van der Waals surface area contributed by atoms with Gasteiger partial charge in [0, 0.05) is 12.4 Å². The first-order chi connectivity index (χ1) is 6.84. The van der Waals surface area contributed by atoms with Gasteiger partial charge in [0.2, 0.25) is 0 Å². The molecule has 2 heterocycles. The fourth-order valence-corrected chi connectivity index (χ4v) is 2.43. The molecule has 1 saturated heterocycles. The first-order valence-corrected chi connectivity index (χ1v) is 5.80. The molecule has 1 aromatic heterocycles. The van der Waals surface area contributed by atoms with Crippen LogP contribution in [0.15, 0.2) is 23.2 Å². The van der Waals surface area contributed by atoms with Gasteiger partial charge < -0.3 is 10.5 Å². The molecule has 2 N–H and O–H groups in total. The van der Waals surface area contributed by atoms with E-state index in [1.807, 2.05) is 12.1 Å². The molecule has 4 heteroatoms. The Hall–Kier alpha value is -0.740. The number of thioether (sulfide) groups is 1. The second-order valence-corrected chi connectivity index (χ2v) is 4.39. The van der Waals surface area contributed by atoms with E-state index in [1.54, 1.807) is 17.8 Å². The van der Waals surface area contributed by atoms with Crippen molar-refractivity contribution in [3.8, 4) is 0 Å². The van der Waals surface area contributed by atoms with Gasteiger partial charge in [0.1, 0.15) is 5.82 Å². The minimum atomic E-state index is 0.406. The Morgan fingerprint density at radius 1 is 1.57 bits per heavy atom. The highest BCUT2D eigenvalue weighted by molar-refractivity contribution is 7.99. The van der Waals surface area contributed by atoms with Crippen LogP contribution in [0, 0.1) is 0 Å². The normalized spacial score (nSPS) is 21.3. The van der Waals surface area contributed by atoms with Gasteiger partial charge in [0.15, 0.2) is 0 Å². The second-order valence-electron chi connectivity index (χ2n) is 3.35. The van der Waals surface area contributed by atoms with E-state index in [-0.39, 0.29) is 0 Å². The lowest BCUT2D eigenvalue weighted by molar-refractivity contribution is 0.129. The maximum Gasteiger partial charge on any atom is 0.124 e. The van der Waals surface area contributed by atoms with E-state index in [1.165, 1.54) is 12.8 Å². The van der Waals surface area contributed by atoms with E-state index in [0.29, 0.717) is 11.9 Å². The van der Waals surface area contributed by atoms with Crippen molar-refractivity contribution in [3.63, 3.8) is 0 Å². The zero-order chi connectivity index (χ0) is 9.80. The summed E-state index contributed by atoms with van der Waals surface area (Å²) in [6.07, 6.45) is 2.77. The molecule has 0 amide bonds. The number of hydrogen-bond donors (Lipinski definition) is 1. The van der Waals surface area contributed by atoms with Crippen LogP contribution in [0.1, 0.15) is 12.8 Å². The number of anilines is 1. The van der Waals surface area contributed by atoms with E-state index < -0.39 is 0 Å². The number of aromatic nitrogens is 1. The maximum atomic E-state index is 5.59.